The third-order valence-electron chi connectivity index (χ3n) is 3.14. The summed E-state index contributed by atoms with van der Waals surface area (Å²) < 4.78 is 0.903. The number of hydrogen-bond donors (Lipinski definition) is 2. The van der Waals surface area contributed by atoms with Gasteiger partial charge < -0.3 is 10.6 Å². The highest BCUT2D eigenvalue weighted by atomic mass is 127. The van der Waals surface area contributed by atoms with Crippen molar-refractivity contribution in [3.8, 4) is 0 Å². The van der Waals surface area contributed by atoms with Crippen molar-refractivity contribution < 1.29 is 9.59 Å². The lowest BCUT2D eigenvalue weighted by molar-refractivity contribution is -0.125. The minimum Gasteiger partial charge on any atom is -0.347 e. The molecule has 0 radical (unpaired) electrons. The van der Waals surface area contributed by atoms with Crippen molar-refractivity contribution in [2.24, 2.45) is 5.11 Å². The average Bonchev–Trinajstić information content (AvgIpc) is 2.57. The van der Waals surface area contributed by atoms with Gasteiger partial charge in [0.15, 0.2) is 0 Å². The number of hydrogen-bond acceptors (Lipinski definition) is 3. The molecule has 0 saturated heterocycles. The summed E-state index contributed by atoms with van der Waals surface area (Å²) >= 11 is 2.26. The van der Waals surface area contributed by atoms with E-state index in [1.807, 2.05) is 31.2 Å². The molecular weight excluding hydrogens is 409 g/mol. The number of anilines is 1. The summed E-state index contributed by atoms with van der Waals surface area (Å²) in [5.41, 5.74) is 10.3. The monoisotopic (exact) mass is 429 g/mol. The van der Waals surface area contributed by atoms with Gasteiger partial charge in [-0.1, -0.05) is 59.6 Å². The van der Waals surface area contributed by atoms with Crippen molar-refractivity contribution in [3.05, 3.63) is 40.3 Å². The molecule has 8 heteroatoms. The Balaban J connectivity index is 2.46. The van der Waals surface area contributed by atoms with Crippen LogP contribution in [0.1, 0.15) is 31.7 Å². The second-order valence-corrected chi connectivity index (χ2v) is 5.72. The second-order valence-electron chi connectivity index (χ2n) is 4.96. The van der Waals surface area contributed by atoms with Crippen molar-refractivity contribution in [2.75, 3.05) is 11.9 Å². The Morgan fingerprint density at radius 3 is 2.61 bits per heavy atom. The van der Waals surface area contributed by atoms with Crippen molar-refractivity contribution in [1.29, 1.82) is 0 Å². The van der Waals surface area contributed by atoms with Crippen LogP contribution in [0, 0.1) is 0 Å². The van der Waals surface area contributed by atoms with Crippen LogP contribution in [0.4, 0.5) is 5.69 Å². The molecule has 0 bridgehead atoms. The highest BCUT2D eigenvalue weighted by Crippen LogP contribution is 2.12. The van der Waals surface area contributed by atoms with Crippen molar-refractivity contribution in [3.63, 3.8) is 0 Å². The zero-order valence-electron chi connectivity index (χ0n) is 13.0. The van der Waals surface area contributed by atoms with Gasteiger partial charge in [-0.3, -0.25) is 9.59 Å². The average molecular weight is 429 g/mol. The van der Waals surface area contributed by atoms with Crippen LogP contribution in [0.25, 0.3) is 10.4 Å². The van der Waals surface area contributed by atoms with E-state index in [-0.39, 0.29) is 12.5 Å². The van der Waals surface area contributed by atoms with Crippen LogP contribution >= 0.6 is 22.6 Å². The maximum Gasteiger partial charge on any atom is 0.243 e. The lowest BCUT2D eigenvalue weighted by Crippen LogP contribution is -2.38. The number of rotatable bonds is 9. The number of amides is 2. The van der Waals surface area contributed by atoms with Gasteiger partial charge in [0, 0.05) is 15.0 Å². The number of carbonyl (C=O) groups is 2. The summed E-state index contributed by atoms with van der Waals surface area (Å²) in [6, 6.07) is 6.73. The van der Waals surface area contributed by atoms with E-state index in [0.717, 1.165) is 17.3 Å². The van der Waals surface area contributed by atoms with E-state index in [1.54, 1.807) is 0 Å². The van der Waals surface area contributed by atoms with Gasteiger partial charge >= 0.3 is 0 Å². The zero-order chi connectivity index (χ0) is 17.1. The number of azide groups is 1. The van der Waals surface area contributed by atoms with Gasteiger partial charge in [0.25, 0.3) is 0 Å². The van der Waals surface area contributed by atoms with Crippen LogP contribution in [-0.4, -0.2) is 24.4 Å². The summed E-state index contributed by atoms with van der Waals surface area (Å²) in [5.74, 6) is -0.748. The minimum absolute atomic E-state index is 0.156. The molecule has 1 atom stereocenters. The normalized spacial score (nSPS) is 11.2. The van der Waals surface area contributed by atoms with Crippen molar-refractivity contribution in [2.45, 2.75) is 36.7 Å². The highest BCUT2D eigenvalue weighted by molar-refractivity contribution is 14.1. The Morgan fingerprint density at radius 2 is 2.04 bits per heavy atom. The summed E-state index contributed by atoms with van der Waals surface area (Å²) in [4.78, 5) is 26.4. The first-order valence-electron chi connectivity index (χ1n) is 7.37. The maximum absolute atomic E-state index is 11.9. The molecule has 0 spiro atoms. The molecule has 0 saturated carbocycles. The van der Waals surface area contributed by atoms with E-state index in [9.17, 15) is 9.59 Å². The molecule has 7 nitrogen and oxygen atoms in total. The first kappa shape index (κ1) is 19.2. The van der Waals surface area contributed by atoms with Gasteiger partial charge in [0.1, 0.15) is 6.04 Å². The molecule has 0 aliphatic rings. The van der Waals surface area contributed by atoms with Crippen LogP contribution in [0.2, 0.25) is 0 Å². The Morgan fingerprint density at radius 1 is 1.35 bits per heavy atom. The molecule has 2 N–H and O–H groups in total. The molecule has 0 aromatic heterocycles. The van der Waals surface area contributed by atoms with Crippen LogP contribution in [0.15, 0.2) is 29.4 Å². The smallest absolute Gasteiger partial charge is 0.243 e. The summed E-state index contributed by atoms with van der Waals surface area (Å²) in [6.07, 6.45) is 2.16. The first-order chi connectivity index (χ1) is 11.1. The Bertz CT molecular complexity index is 570. The zero-order valence-corrected chi connectivity index (χ0v) is 15.1. The fraction of sp³-hybridized carbons (Fsp3) is 0.467. The maximum atomic E-state index is 11.9. The van der Waals surface area contributed by atoms with Gasteiger partial charge in [-0.05, 0) is 29.6 Å². The lowest BCUT2D eigenvalue weighted by atomic mass is 10.1. The molecule has 2 amide bonds. The lowest BCUT2D eigenvalue weighted by Gasteiger charge is -2.11. The molecule has 23 heavy (non-hydrogen) atoms. The Kier molecular flexibility index (Phi) is 9.08. The number of nitrogens with one attached hydrogen (secondary N) is 2. The number of carbonyl (C=O) groups excluding carboxylic acids is 2. The summed E-state index contributed by atoms with van der Waals surface area (Å²) in [7, 11) is 0. The standard InChI is InChI=1S/C15H20IN5O2/c1-2-3-4-13(20-21-17)15(23)18-10-14(22)19-12-7-5-11(9-16)6-8-12/h5-8,13H,2-4,9-10H2,1H3,(H,18,23)(H,19,22). The van der Waals surface area contributed by atoms with E-state index in [1.165, 1.54) is 5.56 Å². The van der Waals surface area contributed by atoms with E-state index < -0.39 is 11.9 Å². The van der Waals surface area contributed by atoms with Crippen molar-refractivity contribution >= 4 is 40.1 Å². The summed E-state index contributed by atoms with van der Waals surface area (Å²) in [5, 5.41) is 8.68. The van der Waals surface area contributed by atoms with E-state index in [0.29, 0.717) is 12.1 Å². The van der Waals surface area contributed by atoms with Crippen LogP contribution in [0.3, 0.4) is 0 Å². The van der Waals surface area contributed by atoms with Crippen LogP contribution in [0.5, 0.6) is 0 Å². The van der Waals surface area contributed by atoms with Gasteiger partial charge in [0.2, 0.25) is 11.8 Å². The molecule has 0 fully saturated rings. The molecular formula is C15H20IN5O2. The van der Waals surface area contributed by atoms with E-state index in [4.69, 9.17) is 5.53 Å². The largest absolute Gasteiger partial charge is 0.347 e. The SMILES string of the molecule is CCCCC(N=[N+]=[N-])C(=O)NCC(=O)Nc1ccc(CI)cc1. The Labute approximate surface area is 149 Å². The number of nitrogens with zero attached hydrogens (tertiary/aromatic N) is 3. The third kappa shape index (κ3) is 7.34. The molecule has 0 aliphatic heterocycles. The van der Waals surface area contributed by atoms with Gasteiger partial charge in [-0.2, -0.15) is 0 Å². The van der Waals surface area contributed by atoms with Crippen molar-refractivity contribution in [1.82, 2.24) is 5.32 Å². The minimum atomic E-state index is -0.768. The molecule has 0 aliphatic carbocycles. The topological polar surface area (TPSA) is 107 Å². The fourth-order valence-electron chi connectivity index (χ4n) is 1.87. The predicted molar refractivity (Wildman–Crippen MR) is 98.3 cm³/mol. The Hall–Kier alpha value is -1.80. The van der Waals surface area contributed by atoms with E-state index >= 15 is 0 Å². The molecule has 1 aromatic carbocycles. The summed E-state index contributed by atoms with van der Waals surface area (Å²) in [6.45, 7) is 1.83. The molecule has 1 aromatic rings. The molecule has 124 valence electrons. The molecule has 1 rings (SSSR count). The first-order valence-corrected chi connectivity index (χ1v) is 8.90. The second kappa shape index (κ2) is 10.8. The third-order valence-corrected chi connectivity index (χ3v) is 4.02. The molecule has 0 heterocycles. The van der Waals surface area contributed by atoms with Crippen LogP contribution < -0.4 is 10.6 Å². The van der Waals surface area contributed by atoms with Crippen LogP contribution in [-0.2, 0) is 14.0 Å². The quantitative estimate of drug-likeness (QED) is 0.206. The fourth-order valence-corrected chi connectivity index (χ4v) is 2.38. The number of halogens is 1. The molecule has 1 unspecified atom stereocenters. The number of benzene rings is 1. The number of unbranched alkanes of at least 4 members (excludes halogenated alkanes) is 1. The number of alkyl halides is 1. The van der Waals surface area contributed by atoms with Gasteiger partial charge in [0.05, 0.1) is 6.54 Å². The van der Waals surface area contributed by atoms with Gasteiger partial charge in [-0.25, -0.2) is 0 Å². The van der Waals surface area contributed by atoms with E-state index in [2.05, 4.69) is 43.3 Å². The van der Waals surface area contributed by atoms with Gasteiger partial charge in [-0.15, -0.1) is 0 Å². The highest BCUT2D eigenvalue weighted by Gasteiger charge is 2.16. The predicted octanol–water partition coefficient (Wildman–Crippen LogP) is 3.55.